The molecule has 0 spiro atoms. The lowest BCUT2D eigenvalue weighted by Crippen LogP contribution is -2.51. The number of nitrogens with zero attached hydrogens (tertiary/aromatic N) is 3. The normalized spacial score (nSPS) is 19.5. The molecule has 13 nitrogen and oxygen atoms in total. The van der Waals surface area contributed by atoms with Crippen molar-refractivity contribution in [2.75, 3.05) is 13.7 Å². The quantitative estimate of drug-likeness (QED) is 0.129. The zero-order valence-corrected chi connectivity index (χ0v) is 29.8. The van der Waals surface area contributed by atoms with Gasteiger partial charge in [0.2, 0.25) is 17.7 Å². The number of likely N-dealkylation sites (tertiary alicyclic amines) is 1. The second-order valence-electron chi connectivity index (χ2n) is 13.5. The summed E-state index contributed by atoms with van der Waals surface area (Å²) in [6, 6.07) is 7.07. The zero-order chi connectivity index (χ0) is 36.7. The van der Waals surface area contributed by atoms with Crippen molar-refractivity contribution in [1.29, 1.82) is 0 Å². The smallest absolute Gasteiger partial charge is 0.407 e. The number of carbonyl (C=O) groups is 4. The summed E-state index contributed by atoms with van der Waals surface area (Å²) in [4.78, 5) is 67.2. The Kier molecular flexibility index (Phi) is 11.9. The molecule has 3 unspecified atom stereocenters. The molecule has 270 valence electrons. The molecular weight excluding hydrogens is 648 g/mol. The van der Waals surface area contributed by atoms with Gasteiger partial charge < -0.3 is 24.9 Å². The summed E-state index contributed by atoms with van der Waals surface area (Å²) in [7, 11) is 1.28. The SMILES string of the molecule is C=C(/C=C\C(=C)c1cnc([C@@H]2CCCCC2C(=O)NNC(C)=O)[nH]1)c1ccc(-c2cnc(C3CCCN3C(=O)C(NC(=O)OC)C(C)C)[nH]2)cc1. The number of imidazole rings is 2. The topological polar surface area (TPSA) is 174 Å². The number of H-pyrrole nitrogens is 2. The molecule has 5 N–H and O–H groups in total. The first-order chi connectivity index (χ1) is 24.5. The van der Waals surface area contributed by atoms with Crippen LogP contribution in [-0.2, 0) is 19.1 Å². The van der Waals surface area contributed by atoms with Gasteiger partial charge in [-0.1, -0.05) is 76.3 Å². The second kappa shape index (κ2) is 16.5. The minimum atomic E-state index is -0.691. The van der Waals surface area contributed by atoms with Crippen LogP contribution in [0.15, 0.2) is 62.0 Å². The summed E-state index contributed by atoms with van der Waals surface area (Å²) in [5, 5.41) is 2.68. The van der Waals surface area contributed by atoms with Crippen LogP contribution in [0.2, 0.25) is 0 Å². The van der Waals surface area contributed by atoms with E-state index in [4.69, 9.17) is 4.74 Å². The van der Waals surface area contributed by atoms with Crippen molar-refractivity contribution in [3.8, 4) is 11.3 Å². The molecule has 4 atom stereocenters. The van der Waals surface area contributed by atoms with E-state index >= 15 is 0 Å². The summed E-state index contributed by atoms with van der Waals surface area (Å²) < 4.78 is 4.74. The number of nitrogens with one attached hydrogen (secondary N) is 5. The van der Waals surface area contributed by atoms with Gasteiger partial charge >= 0.3 is 6.09 Å². The van der Waals surface area contributed by atoms with Gasteiger partial charge in [0.05, 0.1) is 36.9 Å². The van der Waals surface area contributed by atoms with Crippen molar-refractivity contribution in [3.05, 3.63) is 84.9 Å². The molecule has 1 aliphatic heterocycles. The van der Waals surface area contributed by atoms with Crippen molar-refractivity contribution >= 4 is 35.0 Å². The molecule has 2 aliphatic rings. The van der Waals surface area contributed by atoms with Crippen LogP contribution in [0.5, 0.6) is 0 Å². The van der Waals surface area contributed by atoms with Gasteiger partial charge in [0.15, 0.2) is 0 Å². The highest BCUT2D eigenvalue weighted by Crippen LogP contribution is 2.37. The maximum absolute atomic E-state index is 13.5. The molecule has 2 aromatic heterocycles. The van der Waals surface area contributed by atoms with Crippen LogP contribution in [-0.4, -0.2) is 68.3 Å². The minimum Gasteiger partial charge on any atom is -0.453 e. The maximum atomic E-state index is 13.5. The molecule has 1 saturated carbocycles. The first-order valence-corrected chi connectivity index (χ1v) is 17.4. The van der Waals surface area contributed by atoms with Crippen molar-refractivity contribution < 1.29 is 23.9 Å². The summed E-state index contributed by atoms with van der Waals surface area (Å²) in [5.41, 5.74) is 9.91. The predicted molar refractivity (Wildman–Crippen MR) is 194 cm³/mol. The Morgan fingerprint density at radius 3 is 2.33 bits per heavy atom. The Balaban J connectivity index is 1.20. The summed E-state index contributed by atoms with van der Waals surface area (Å²) in [6.07, 6.45) is 11.8. The highest BCUT2D eigenvalue weighted by molar-refractivity contribution is 5.86. The fourth-order valence-electron chi connectivity index (χ4n) is 6.80. The van der Waals surface area contributed by atoms with E-state index in [2.05, 4.69) is 49.3 Å². The van der Waals surface area contributed by atoms with Gasteiger partial charge in [-0.3, -0.25) is 25.2 Å². The number of amides is 4. The number of aromatic amines is 2. The van der Waals surface area contributed by atoms with Crippen LogP contribution in [0.1, 0.15) is 94.2 Å². The largest absolute Gasteiger partial charge is 0.453 e. The molecule has 1 aromatic carbocycles. The van der Waals surface area contributed by atoms with Crippen LogP contribution in [0.25, 0.3) is 22.4 Å². The van der Waals surface area contributed by atoms with Gasteiger partial charge in [0.25, 0.3) is 0 Å². The molecule has 3 heterocycles. The number of alkyl carbamates (subject to hydrolysis) is 1. The van der Waals surface area contributed by atoms with Crippen molar-refractivity contribution in [1.82, 2.24) is 41.0 Å². The Labute approximate surface area is 298 Å². The highest BCUT2D eigenvalue weighted by atomic mass is 16.5. The third-order valence-corrected chi connectivity index (χ3v) is 9.65. The molecule has 1 aliphatic carbocycles. The monoisotopic (exact) mass is 696 g/mol. The lowest BCUT2D eigenvalue weighted by atomic mass is 9.78. The number of rotatable bonds is 11. The lowest BCUT2D eigenvalue weighted by Gasteiger charge is -2.30. The maximum Gasteiger partial charge on any atom is 0.407 e. The third kappa shape index (κ3) is 8.83. The first-order valence-electron chi connectivity index (χ1n) is 17.4. The fraction of sp³-hybridized carbons (Fsp3) is 0.421. The average molecular weight is 697 g/mol. The van der Waals surface area contributed by atoms with E-state index in [1.165, 1.54) is 14.0 Å². The minimum absolute atomic E-state index is 0.0790. The van der Waals surface area contributed by atoms with E-state index in [9.17, 15) is 19.2 Å². The van der Waals surface area contributed by atoms with Gasteiger partial charge in [-0.2, -0.15) is 0 Å². The van der Waals surface area contributed by atoms with E-state index in [0.29, 0.717) is 12.4 Å². The average Bonchev–Trinajstić information content (AvgIpc) is 3.93. The summed E-state index contributed by atoms with van der Waals surface area (Å²) in [5.74, 6) is 0.296. The molecule has 3 aromatic rings. The van der Waals surface area contributed by atoms with E-state index < -0.39 is 12.1 Å². The number of hydrazine groups is 1. The van der Waals surface area contributed by atoms with Crippen LogP contribution in [0, 0.1) is 11.8 Å². The number of benzene rings is 1. The van der Waals surface area contributed by atoms with Gasteiger partial charge in [0, 0.05) is 25.3 Å². The molecule has 51 heavy (non-hydrogen) atoms. The summed E-state index contributed by atoms with van der Waals surface area (Å²) >= 11 is 0. The van der Waals surface area contributed by atoms with Crippen LogP contribution < -0.4 is 16.2 Å². The molecule has 1 saturated heterocycles. The van der Waals surface area contributed by atoms with Gasteiger partial charge in [-0.25, -0.2) is 14.8 Å². The van der Waals surface area contributed by atoms with E-state index in [-0.39, 0.29) is 41.5 Å². The number of methoxy groups -OCH3 is 1. The van der Waals surface area contributed by atoms with E-state index in [0.717, 1.165) is 78.0 Å². The van der Waals surface area contributed by atoms with Gasteiger partial charge in [0.1, 0.15) is 17.7 Å². The highest BCUT2D eigenvalue weighted by Gasteiger charge is 2.38. The third-order valence-electron chi connectivity index (χ3n) is 9.65. The van der Waals surface area contributed by atoms with Crippen molar-refractivity contribution in [2.45, 2.75) is 77.3 Å². The molecular formula is C38H48N8O5. The summed E-state index contributed by atoms with van der Waals surface area (Å²) in [6.45, 7) is 14.2. The molecule has 13 heteroatoms. The number of allylic oxidation sites excluding steroid dienone is 4. The van der Waals surface area contributed by atoms with Crippen molar-refractivity contribution in [3.63, 3.8) is 0 Å². The number of aromatic nitrogens is 4. The molecule has 4 amide bonds. The van der Waals surface area contributed by atoms with Crippen LogP contribution in [0.3, 0.4) is 0 Å². The first kappa shape index (κ1) is 36.8. The Morgan fingerprint density at radius 1 is 0.922 bits per heavy atom. The molecule has 2 fully saturated rings. The molecule has 0 bridgehead atoms. The van der Waals surface area contributed by atoms with Crippen molar-refractivity contribution in [2.24, 2.45) is 11.8 Å². The Morgan fingerprint density at radius 2 is 1.63 bits per heavy atom. The molecule has 5 rings (SSSR count). The fourth-order valence-corrected chi connectivity index (χ4v) is 6.80. The zero-order valence-electron chi connectivity index (χ0n) is 29.8. The van der Waals surface area contributed by atoms with Gasteiger partial charge in [-0.05, 0) is 53.9 Å². The van der Waals surface area contributed by atoms with E-state index in [1.807, 2.05) is 50.3 Å². The van der Waals surface area contributed by atoms with E-state index in [1.54, 1.807) is 17.3 Å². The number of hydrogen-bond donors (Lipinski definition) is 5. The number of ether oxygens (including phenoxy) is 1. The van der Waals surface area contributed by atoms with Crippen LogP contribution in [0.4, 0.5) is 4.79 Å². The molecule has 0 radical (unpaired) electrons. The van der Waals surface area contributed by atoms with Crippen LogP contribution >= 0.6 is 0 Å². The number of hydrogen-bond acceptors (Lipinski definition) is 7. The van der Waals surface area contributed by atoms with Gasteiger partial charge in [-0.15, -0.1) is 0 Å². The second-order valence-corrected chi connectivity index (χ2v) is 13.5. The standard InChI is InChI=1S/C38H48N8O5/c1-22(2)33(43-38(50)51-6)37(49)46-19-9-12-32(46)35-40-21-31(42-35)27-17-15-26(16-18-27)23(3)13-14-24(4)30-20-39-34(41-30)28-10-7-8-11-29(28)36(48)45-44-25(5)47/h13-18,20-22,28-29,32-33H,3-4,7-12,19H2,1-2,5-6H3,(H,39,41)(H,40,42)(H,43,50)(H,44,47)(H,45,48)/b14-13-/t28-,29?,32?,33?/m1/s1. The number of carbonyl (C=O) groups excluding carboxylic acids is 4. The Hall–Kier alpha value is -5.46. The Bertz CT molecular complexity index is 1790. The predicted octanol–water partition coefficient (Wildman–Crippen LogP) is 5.57. The lowest BCUT2D eigenvalue weighted by molar-refractivity contribution is -0.135.